The van der Waals surface area contributed by atoms with Gasteiger partial charge < -0.3 is 25.2 Å². The highest BCUT2D eigenvalue weighted by atomic mass is 35.5. The lowest BCUT2D eigenvalue weighted by Crippen LogP contribution is -2.45. The lowest BCUT2D eigenvalue weighted by atomic mass is 10.1. The molecule has 0 aromatic heterocycles. The van der Waals surface area contributed by atoms with Gasteiger partial charge in [-0.3, -0.25) is 9.69 Å². The van der Waals surface area contributed by atoms with Crippen molar-refractivity contribution < 1.29 is 24.5 Å². The number of likely N-dealkylation sites (N-methyl/N-ethyl adjacent to an activating group) is 1. The minimum Gasteiger partial charge on any atom is -0.505 e. The van der Waals surface area contributed by atoms with Crippen LogP contribution in [-0.2, 0) is 11.2 Å². The van der Waals surface area contributed by atoms with E-state index >= 15 is 0 Å². The number of hydrogen-bond acceptors (Lipinski definition) is 6. The van der Waals surface area contributed by atoms with Gasteiger partial charge in [-0.25, -0.2) is 4.79 Å². The third-order valence-corrected chi connectivity index (χ3v) is 6.16. The fourth-order valence-electron chi connectivity index (χ4n) is 3.53. The van der Waals surface area contributed by atoms with Crippen LogP contribution >= 0.6 is 23.2 Å². The standard InChI is InChI=1S/C23H27Cl2N3O5/c1-27-7-9-28(10-8-27)11-12-33-21-17(24)14-16(20(29)19(21)25)22(30)26-18(23(31)32)13-15-5-3-2-4-6-15/h2-6,14,18,29H,7-13H2,1H3,(H,26,30)(H,31,32)/t18-/m0/s1. The van der Waals surface area contributed by atoms with Gasteiger partial charge in [0.05, 0.1) is 10.6 Å². The lowest BCUT2D eigenvalue weighted by molar-refractivity contribution is -0.139. The second-order valence-electron chi connectivity index (χ2n) is 7.95. The number of piperazine rings is 1. The van der Waals surface area contributed by atoms with Crippen LogP contribution in [0.25, 0.3) is 0 Å². The smallest absolute Gasteiger partial charge is 0.326 e. The van der Waals surface area contributed by atoms with E-state index in [1.165, 1.54) is 6.07 Å². The second-order valence-corrected chi connectivity index (χ2v) is 8.73. The topological polar surface area (TPSA) is 102 Å². The van der Waals surface area contributed by atoms with Gasteiger partial charge in [0, 0.05) is 39.1 Å². The molecule has 0 aliphatic carbocycles. The van der Waals surface area contributed by atoms with E-state index < -0.39 is 23.7 Å². The Balaban J connectivity index is 1.66. The molecule has 1 fully saturated rings. The monoisotopic (exact) mass is 495 g/mol. The highest BCUT2D eigenvalue weighted by Crippen LogP contribution is 2.42. The van der Waals surface area contributed by atoms with Crippen LogP contribution in [0.5, 0.6) is 11.5 Å². The molecule has 0 bridgehead atoms. The Hall–Kier alpha value is -2.52. The van der Waals surface area contributed by atoms with Crippen LogP contribution in [0.3, 0.4) is 0 Å². The third-order valence-electron chi connectivity index (χ3n) is 5.53. The number of aliphatic carboxylic acids is 1. The summed E-state index contributed by atoms with van der Waals surface area (Å²) >= 11 is 12.5. The Morgan fingerprint density at radius 1 is 1.15 bits per heavy atom. The number of aromatic hydroxyl groups is 1. The Bertz CT molecular complexity index is 982. The molecule has 1 saturated heterocycles. The number of benzene rings is 2. The molecule has 1 heterocycles. The molecule has 2 aromatic rings. The Morgan fingerprint density at radius 2 is 1.82 bits per heavy atom. The molecule has 33 heavy (non-hydrogen) atoms. The van der Waals surface area contributed by atoms with Gasteiger partial charge in [-0.15, -0.1) is 0 Å². The number of phenols is 1. The molecule has 3 N–H and O–H groups in total. The Labute approximate surface area is 202 Å². The number of nitrogens with one attached hydrogen (secondary N) is 1. The van der Waals surface area contributed by atoms with Gasteiger partial charge in [-0.1, -0.05) is 53.5 Å². The zero-order valence-electron chi connectivity index (χ0n) is 18.3. The number of carboxylic acids is 1. The van der Waals surface area contributed by atoms with Gasteiger partial charge >= 0.3 is 5.97 Å². The van der Waals surface area contributed by atoms with Crippen LogP contribution in [0.15, 0.2) is 36.4 Å². The van der Waals surface area contributed by atoms with Crippen LogP contribution in [0.1, 0.15) is 15.9 Å². The molecule has 1 aliphatic heterocycles. The first kappa shape index (κ1) is 25.1. The van der Waals surface area contributed by atoms with E-state index in [2.05, 4.69) is 22.2 Å². The summed E-state index contributed by atoms with van der Waals surface area (Å²) in [5, 5.41) is 22.3. The van der Waals surface area contributed by atoms with E-state index in [0.29, 0.717) is 13.2 Å². The number of carbonyl (C=O) groups excluding carboxylic acids is 1. The predicted molar refractivity (Wildman–Crippen MR) is 127 cm³/mol. The number of phenolic OH excluding ortho intramolecular Hbond substituents is 1. The van der Waals surface area contributed by atoms with Gasteiger partial charge in [0.25, 0.3) is 5.91 Å². The van der Waals surface area contributed by atoms with E-state index in [9.17, 15) is 19.8 Å². The van der Waals surface area contributed by atoms with E-state index in [-0.39, 0.29) is 27.8 Å². The molecule has 0 saturated carbocycles. The Morgan fingerprint density at radius 3 is 2.45 bits per heavy atom. The summed E-state index contributed by atoms with van der Waals surface area (Å²) in [4.78, 5) is 28.9. The first-order valence-corrected chi connectivity index (χ1v) is 11.3. The summed E-state index contributed by atoms with van der Waals surface area (Å²) in [5.74, 6) is -2.44. The summed E-state index contributed by atoms with van der Waals surface area (Å²) in [6.07, 6.45) is 0.0810. The van der Waals surface area contributed by atoms with Crippen LogP contribution in [0, 0.1) is 0 Å². The highest BCUT2D eigenvalue weighted by molar-refractivity contribution is 6.39. The largest absolute Gasteiger partial charge is 0.505 e. The molecular weight excluding hydrogens is 469 g/mol. The molecule has 178 valence electrons. The minimum absolute atomic E-state index is 0.0521. The van der Waals surface area contributed by atoms with Gasteiger partial charge in [-0.2, -0.15) is 0 Å². The molecule has 10 heteroatoms. The third kappa shape index (κ3) is 6.74. The van der Waals surface area contributed by atoms with Crippen molar-refractivity contribution in [3.63, 3.8) is 0 Å². The molecule has 1 amide bonds. The van der Waals surface area contributed by atoms with E-state index in [1.54, 1.807) is 24.3 Å². The number of carbonyl (C=O) groups is 2. The van der Waals surface area contributed by atoms with Crippen molar-refractivity contribution in [1.29, 1.82) is 0 Å². The average Bonchev–Trinajstić information content (AvgIpc) is 2.79. The summed E-state index contributed by atoms with van der Waals surface area (Å²) in [6.45, 7) is 4.80. The number of rotatable bonds is 9. The first-order chi connectivity index (χ1) is 15.8. The van der Waals surface area contributed by atoms with Crippen molar-refractivity contribution >= 4 is 35.1 Å². The van der Waals surface area contributed by atoms with E-state index in [4.69, 9.17) is 27.9 Å². The summed E-state index contributed by atoms with van der Waals surface area (Å²) in [5.41, 5.74) is 0.519. The lowest BCUT2D eigenvalue weighted by Gasteiger charge is -2.32. The van der Waals surface area contributed by atoms with Gasteiger partial charge in [0.15, 0.2) is 11.5 Å². The maximum atomic E-state index is 12.7. The SMILES string of the molecule is CN1CCN(CCOc2c(Cl)cc(C(=O)N[C@@H](Cc3ccccc3)C(=O)O)c(O)c2Cl)CC1. The second kappa shape index (κ2) is 11.6. The summed E-state index contributed by atoms with van der Waals surface area (Å²) in [7, 11) is 2.08. The first-order valence-electron chi connectivity index (χ1n) is 10.6. The quantitative estimate of drug-likeness (QED) is 0.491. The number of amides is 1. The molecule has 2 aromatic carbocycles. The fourth-order valence-corrected chi connectivity index (χ4v) is 4.10. The molecule has 1 atom stereocenters. The van der Waals surface area contributed by atoms with Crippen LogP contribution in [0.2, 0.25) is 10.0 Å². The van der Waals surface area contributed by atoms with E-state index in [0.717, 1.165) is 31.7 Å². The van der Waals surface area contributed by atoms with Gasteiger partial charge in [-0.05, 0) is 18.7 Å². The average molecular weight is 496 g/mol. The van der Waals surface area contributed by atoms with Crippen molar-refractivity contribution in [2.24, 2.45) is 0 Å². The highest BCUT2D eigenvalue weighted by Gasteiger charge is 2.26. The van der Waals surface area contributed by atoms with Crippen molar-refractivity contribution in [3.8, 4) is 11.5 Å². The van der Waals surface area contributed by atoms with Crippen molar-refractivity contribution in [2.45, 2.75) is 12.5 Å². The molecule has 0 radical (unpaired) electrons. The molecule has 8 nitrogen and oxygen atoms in total. The number of nitrogens with zero attached hydrogens (tertiary/aromatic N) is 2. The number of halogens is 2. The van der Waals surface area contributed by atoms with Crippen LogP contribution < -0.4 is 10.1 Å². The minimum atomic E-state index is -1.20. The van der Waals surface area contributed by atoms with Crippen LogP contribution in [-0.4, -0.2) is 84.3 Å². The van der Waals surface area contributed by atoms with Crippen molar-refractivity contribution in [3.05, 3.63) is 57.6 Å². The Kier molecular flexibility index (Phi) is 8.80. The number of ether oxygens (including phenoxy) is 1. The molecule has 0 unspecified atom stereocenters. The molecule has 3 rings (SSSR count). The number of carboxylic acid groups (broad SMARTS) is 1. The number of hydrogen-bond donors (Lipinski definition) is 3. The van der Waals surface area contributed by atoms with Crippen molar-refractivity contribution in [2.75, 3.05) is 46.4 Å². The predicted octanol–water partition coefficient (Wildman–Crippen LogP) is 2.75. The maximum absolute atomic E-state index is 12.7. The summed E-state index contributed by atoms with van der Waals surface area (Å²) in [6, 6.07) is 8.94. The van der Waals surface area contributed by atoms with Crippen molar-refractivity contribution in [1.82, 2.24) is 15.1 Å². The summed E-state index contributed by atoms with van der Waals surface area (Å²) < 4.78 is 5.71. The van der Waals surface area contributed by atoms with Gasteiger partial charge in [0.2, 0.25) is 0 Å². The maximum Gasteiger partial charge on any atom is 0.326 e. The molecular formula is C23H27Cl2N3O5. The van der Waals surface area contributed by atoms with E-state index in [1.807, 2.05) is 6.07 Å². The van der Waals surface area contributed by atoms with Gasteiger partial charge in [0.1, 0.15) is 17.7 Å². The normalized spacial score (nSPS) is 15.7. The zero-order chi connectivity index (χ0) is 24.0. The molecule has 1 aliphatic rings. The van der Waals surface area contributed by atoms with Crippen LogP contribution in [0.4, 0.5) is 0 Å². The zero-order valence-corrected chi connectivity index (χ0v) is 19.8. The molecule has 0 spiro atoms. The fraction of sp³-hybridized carbons (Fsp3) is 0.391.